The van der Waals surface area contributed by atoms with Crippen LogP contribution in [0.5, 0.6) is 0 Å². The van der Waals surface area contributed by atoms with Crippen LogP contribution >= 0.6 is 11.6 Å². The third-order valence-corrected chi connectivity index (χ3v) is 4.54. The summed E-state index contributed by atoms with van der Waals surface area (Å²) < 4.78 is 13.9. The molecule has 0 saturated carbocycles. The second-order valence-electron chi connectivity index (χ2n) is 5.36. The fourth-order valence-corrected chi connectivity index (χ4v) is 3.66. The van der Waals surface area contributed by atoms with Gasteiger partial charge in [-0.1, -0.05) is 11.6 Å². The van der Waals surface area contributed by atoms with Gasteiger partial charge in [0.2, 0.25) is 0 Å². The fourth-order valence-electron chi connectivity index (χ4n) is 3.46. The minimum Gasteiger partial charge on any atom is -0.356 e. The zero-order valence-electron chi connectivity index (χ0n) is 9.97. The van der Waals surface area contributed by atoms with Gasteiger partial charge in [0.05, 0.1) is 5.52 Å². The van der Waals surface area contributed by atoms with Crippen molar-refractivity contribution in [3.63, 3.8) is 0 Å². The van der Waals surface area contributed by atoms with E-state index in [0.717, 1.165) is 18.4 Å². The quantitative estimate of drug-likeness (QED) is 0.772. The van der Waals surface area contributed by atoms with E-state index in [4.69, 9.17) is 11.6 Å². The Morgan fingerprint density at radius 3 is 3.17 bits per heavy atom. The van der Waals surface area contributed by atoms with Crippen LogP contribution in [0.3, 0.4) is 0 Å². The van der Waals surface area contributed by atoms with Gasteiger partial charge in [-0.3, -0.25) is 4.90 Å². The normalized spacial score (nSPS) is 23.3. The lowest BCUT2D eigenvalue weighted by Crippen LogP contribution is -2.34. The van der Waals surface area contributed by atoms with Gasteiger partial charge in [0.1, 0.15) is 5.82 Å². The summed E-state index contributed by atoms with van der Waals surface area (Å²) in [5.41, 5.74) is 3.06. The van der Waals surface area contributed by atoms with Crippen molar-refractivity contribution in [3.8, 4) is 0 Å². The number of hydrogen-bond acceptors (Lipinski definition) is 1. The first-order valence-electron chi connectivity index (χ1n) is 6.45. The predicted octanol–water partition coefficient (Wildman–Crippen LogP) is 3.48. The van der Waals surface area contributed by atoms with E-state index in [-0.39, 0.29) is 5.82 Å². The lowest BCUT2D eigenvalue weighted by atomic mass is 9.99. The molecule has 2 aliphatic heterocycles. The molecule has 18 heavy (non-hydrogen) atoms. The molecule has 0 radical (unpaired) electrons. The third kappa shape index (κ3) is 1.44. The summed E-state index contributed by atoms with van der Waals surface area (Å²) in [5, 5.41) is 1.44. The van der Waals surface area contributed by atoms with Crippen LogP contribution in [0.4, 0.5) is 4.39 Å². The highest BCUT2D eigenvalue weighted by Gasteiger charge is 2.32. The van der Waals surface area contributed by atoms with Gasteiger partial charge in [-0.05, 0) is 37.1 Å². The van der Waals surface area contributed by atoms with Crippen LogP contribution in [0.2, 0.25) is 5.02 Å². The Morgan fingerprint density at radius 2 is 2.28 bits per heavy atom. The standard InChI is InChI=1S/C14H14ClFN2/c15-8-4-10-11-7-18-3-1-2-9(18)6-13(11)17-14(10)12(16)5-8/h4-5,9,17H,1-3,6-7H2/t9-/m0/s1. The van der Waals surface area contributed by atoms with Crippen molar-refractivity contribution in [1.82, 2.24) is 9.88 Å². The smallest absolute Gasteiger partial charge is 0.148 e. The van der Waals surface area contributed by atoms with Crippen molar-refractivity contribution in [2.75, 3.05) is 6.54 Å². The van der Waals surface area contributed by atoms with Crippen molar-refractivity contribution in [1.29, 1.82) is 0 Å². The summed E-state index contributed by atoms with van der Waals surface area (Å²) in [6.07, 6.45) is 3.56. The summed E-state index contributed by atoms with van der Waals surface area (Å²) in [5.74, 6) is -0.243. The van der Waals surface area contributed by atoms with Crippen LogP contribution in [0.15, 0.2) is 12.1 Å². The van der Waals surface area contributed by atoms with Crippen LogP contribution in [0.25, 0.3) is 10.9 Å². The van der Waals surface area contributed by atoms with E-state index in [2.05, 4.69) is 9.88 Å². The number of nitrogens with zero attached hydrogens (tertiary/aromatic N) is 1. The summed E-state index contributed by atoms with van der Waals surface area (Å²) in [6, 6.07) is 3.91. The Kier molecular flexibility index (Phi) is 2.24. The van der Waals surface area contributed by atoms with E-state index in [0.29, 0.717) is 16.6 Å². The predicted molar refractivity (Wildman–Crippen MR) is 70.4 cm³/mol. The molecule has 0 unspecified atom stereocenters. The Bertz CT molecular complexity index is 634. The van der Waals surface area contributed by atoms with E-state index in [9.17, 15) is 4.39 Å². The fraction of sp³-hybridized carbons (Fsp3) is 0.429. The molecule has 0 aliphatic carbocycles. The summed E-state index contributed by atoms with van der Waals surface area (Å²) >= 11 is 5.97. The maximum atomic E-state index is 13.9. The van der Waals surface area contributed by atoms with Gasteiger partial charge in [0.25, 0.3) is 0 Å². The zero-order valence-corrected chi connectivity index (χ0v) is 10.7. The number of aromatic amines is 1. The van der Waals surface area contributed by atoms with E-state index < -0.39 is 0 Å². The second-order valence-corrected chi connectivity index (χ2v) is 5.80. The highest BCUT2D eigenvalue weighted by atomic mass is 35.5. The van der Waals surface area contributed by atoms with Crippen LogP contribution < -0.4 is 0 Å². The van der Waals surface area contributed by atoms with E-state index in [1.165, 1.54) is 36.7 Å². The number of halogens is 2. The van der Waals surface area contributed by atoms with Crippen molar-refractivity contribution >= 4 is 22.5 Å². The molecule has 94 valence electrons. The van der Waals surface area contributed by atoms with Gasteiger partial charge in [-0.15, -0.1) is 0 Å². The zero-order chi connectivity index (χ0) is 12.3. The number of rotatable bonds is 0. The molecule has 0 amide bonds. The van der Waals surface area contributed by atoms with Crippen LogP contribution in [-0.2, 0) is 13.0 Å². The molecule has 0 bridgehead atoms. The number of fused-ring (bicyclic) bond motifs is 4. The summed E-state index contributed by atoms with van der Waals surface area (Å²) in [6.45, 7) is 2.10. The first kappa shape index (κ1) is 10.8. The van der Waals surface area contributed by atoms with Gasteiger partial charge in [0, 0.05) is 35.1 Å². The molecule has 2 nitrogen and oxygen atoms in total. The summed E-state index contributed by atoms with van der Waals surface area (Å²) in [4.78, 5) is 5.77. The van der Waals surface area contributed by atoms with E-state index in [1.807, 2.05) is 6.07 Å². The van der Waals surface area contributed by atoms with Crippen molar-refractivity contribution in [2.24, 2.45) is 0 Å². The molecular weight excluding hydrogens is 251 g/mol. The molecule has 4 heteroatoms. The maximum Gasteiger partial charge on any atom is 0.148 e. The van der Waals surface area contributed by atoms with E-state index >= 15 is 0 Å². The highest BCUT2D eigenvalue weighted by molar-refractivity contribution is 6.31. The first-order chi connectivity index (χ1) is 8.72. The number of aromatic nitrogens is 1. The molecule has 0 spiro atoms. The molecule has 4 rings (SSSR count). The number of nitrogens with one attached hydrogen (secondary N) is 1. The van der Waals surface area contributed by atoms with Crippen molar-refractivity contribution in [3.05, 3.63) is 34.2 Å². The van der Waals surface area contributed by atoms with Gasteiger partial charge >= 0.3 is 0 Å². The second kappa shape index (κ2) is 3.72. The Hall–Kier alpha value is -1.06. The van der Waals surface area contributed by atoms with E-state index in [1.54, 1.807) is 0 Å². The highest BCUT2D eigenvalue weighted by Crippen LogP contribution is 2.36. The van der Waals surface area contributed by atoms with Crippen molar-refractivity contribution < 1.29 is 4.39 Å². The number of H-pyrrole nitrogens is 1. The molecule has 1 aromatic heterocycles. The Labute approximate surface area is 110 Å². The Morgan fingerprint density at radius 1 is 1.39 bits per heavy atom. The van der Waals surface area contributed by atoms with Gasteiger partial charge in [-0.25, -0.2) is 4.39 Å². The van der Waals surface area contributed by atoms with Crippen LogP contribution in [0.1, 0.15) is 24.1 Å². The molecule has 1 atom stereocenters. The lowest BCUT2D eigenvalue weighted by Gasteiger charge is -2.29. The molecule has 3 heterocycles. The maximum absolute atomic E-state index is 13.9. The SMILES string of the molecule is Fc1cc(Cl)cc2c3c([nH]c12)C[C@@H]1CCCN1C3. The number of hydrogen-bond donors (Lipinski definition) is 1. The molecule has 1 N–H and O–H groups in total. The molecule has 1 saturated heterocycles. The average Bonchev–Trinajstić information content (AvgIpc) is 2.90. The monoisotopic (exact) mass is 264 g/mol. The van der Waals surface area contributed by atoms with Gasteiger partial charge in [0.15, 0.2) is 0 Å². The average molecular weight is 265 g/mol. The topological polar surface area (TPSA) is 19.0 Å². The van der Waals surface area contributed by atoms with Crippen LogP contribution in [-0.4, -0.2) is 22.5 Å². The number of benzene rings is 1. The molecule has 1 aromatic carbocycles. The molecule has 2 aliphatic rings. The minimum absolute atomic E-state index is 0.243. The lowest BCUT2D eigenvalue weighted by molar-refractivity contribution is 0.227. The Balaban J connectivity index is 1.92. The largest absolute Gasteiger partial charge is 0.356 e. The first-order valence-corrected chi connectivity index (χ1v) is 6.82. The van der Waals surface area contributed by atoms with Gasteiger partial charge < -0.3 is 4.98 Å². The van der Waals surface area contributed by atoms with Crippen molar-refractivity contribution in [2.45, 2.75) is 31.8 Å². The summed E-state index contributed by atoms with van der Waals surface area (Å²) in [7, 11) is 0. The van der Waals surface area contributed by atoms with Gasteiger partial charge in [-0.2, -0.15) is 0 Å². The third-order valence-electron chi connectivity index (χ3n) is 4.32. The molecule has 1 fully saturated rings. The van der Waals surface area contributed by atoms with Crippen LogP contribution in [0, 0.1) is 5.82 Å². The molecule has 2 aromatic rings. The minimum atomic E-state index is -0.243. The molecular formula is C14H14ClFN2.